The Morgan fingerprint density at radius 3 is 2.32 bits per heavy atom. The van der Waals surface area contributed by atoms with Crippen LogP contribution in [0.3, 0.4) is 0 Å². The minimum atomic E-state index is -0.185. The normalized spacial score (nSPS) is 17.6. The highest BCUT2D eigenvalue weighted by atomic mass is 16.5. The first-order valence-electron chi connectivity index (χ1n) is 11.5. The van der Waals surface area contributed by atoms with Crippen molar-refractivity contribution in [3.63, 3.8) is 0 Å². The van der Waals surface area contributed by atoms with Crippen molar-refractivity contribution in [1.29, 1.82) is 0 Å². The lowest BCUT2D eigenvalue weighted by Crippen LogP contribution is -2.45. The molecule has 0 atom stereocenters. The van der Waals surface area contributed by atoms with Crippen LogP contribution in [0.4, 0.5) is 0 Å². The van der Waals surface area contributed by atoms with Crippen molar-refractivity contribution >= 4 is 11.9 Å². The summed E-state index contributed by atoms with van der Waals surface area (Å²) in [6.07, 6.45) is 1.70. The summed E-state index contributed by atoms with van der Waals surface area (Å²) in [5, 5.41) is 10.6. The van der Waals surface area contributed by atoms with Gasteiger partial charge in [-0.1, -0.05) is 48.5 Å². The van der Waals surface area contributed by atoms with Gasteiger partial charge in [-0.25, -0.2) is 0 Å². The van der Waals surface area contributed by atoms with Crippen molar-refractivity contribution in [2.75, 3.05) is 33.3 Å². The summed E-state index contributed by atoms with van der Waals surface area (Å²) in [5.74, 6) is 1.32. The summed E-state index contributed by atoms with van der Waals surface area (Å²) in [4.78, 5) is 17.8. The van der Waals surface area contributed by atoms with Crippen LogP contribution < -0.4 is 9.47 Å². The Labute approximate surface area is 199 Å². The quantitative estimate of drug-likeness (QED) is 0.557. The summed E-state index contributed by atoms with van der Waals surface area (Å²) in [6, 6.07) is 21.2. The number of ether oxygens (including phenoxy) is 2. The number of aromatic hydroxyl groups is 1. The SMILES string of the molecule is COc1ccccc1/C=C1\Oc2c(ccc(O)c2CN2CCN(Cc3ccccc3)CC2)C1=O. The molecule has 1 saturated heterocycles. The van der Waals surface area contributed by atoms with Crippen molar-refractivity contribution in [3.8, 4) is 17.2 Å². The van der Waals surface area contributed by atoms with Crippen LogP contribution in [0.15, 0.2) is 72.5 Å². The highest BCUT2D eigenvalue weighted by Gasteiger charge is 2.32. The van der Waals surface area contributed by atoms with Gasteiger partial charge >= 0.3 is 0 Å². The van der Waals surface area contributed by atoms with Crippen molar-refractivity contribution in [1.82, 2.24) is 9.80 Å². The van der Waals surface area contributed by atoms with Crippen molar-refractivity contribution in [3.05, 3.63) is 94.7 Å². The average Bonchev–Trinajstić information content (AvgIpc) is 3.18. The van der Waals surface area contributed by atoms with Crippen molar-refractivity contribution in [2.45, 2.75) is 13.1 Å². The van der Waals surface area contributed by atoms with E-state index in [1.807, 2.05) is 30.3 Å². The maximum absolute atomic E-state index is 13.0. The molecule has 0 saturated carbocycles. The highest BCUT2D eigenvalue weighted by Crippen LogP contribution is 2.40. The molecule has 3 aromatic carbocycles. The zero-order chi connectivity index (χ0) is 23.5. The molecule has 3 aromatic rings. The molecule has 0 amide bonds. The third-order valence-corrected chi connectivity index (χ3v) is 6.44. The maximum atomic E-state index is 13.0. The number of phenolic OH excluding ortho intramolecular Hbond substituents is 1. The van der Waals surface area contributed by atoms with E-state index in [-0.39, 0.29) is 17.3 Å². The van der Waals surface area contributed by atoms with E-state index in [1.54, 1.807) is 25.3 Å². The molecule has 0 unspecified atom stereocenters. The number of piperazine rings is 1. The van der Waals surface area contributed by atoms with Gasteiger partial charge in [0.25, 0.3) is 0 Å². The van der Waals surface area contributed by atoms with Crippen LogP contribution >= 0.6 is 0 Å². The fourth-order valence-electron chi connectivity index (χ4n) is 4.55. The van der Waals surface area contributed by atoms with Crippen LogP contribution in [0.1, 0.15) is 27.0 Å². The molecule has 0 bridgehead atoms. The number of methoxy groups -OCH3 is 1. The van der Waals surface area contributed by atoms with Crippen LogP contribution in [-0.2, 0) is 13.1 Å². The average molecular weight is 457 g/mol. The van der Waals surface area contributed by atoms with Gasteiger partial charge in [-0.2, -0.15) is 0 Å². The third-order valence-electron chi connectivity index (χ3n) is 6.44. The van der Waals surface area contributed by atoms with Crippen LogP contribution in [0.25, 0.3) is 6.08 Å². The molecule has 6 heteroatoms. The van der Waals surface area contributed by atoms with E-state index >= 15 is 0 Å². The van der Waals surface area contributed by atoms with E-state index in [4.69, 9.17) is 9.47 Å². The molecule has 6 nitrogen and oxygen atoms in total. The molecule has 0 aliphatic carbocycles. The van der Waals surface area contributed by atoms with Gasteiger partial charge in [-0.15, -0.1) is 0 Å². The first kappa shape index (κ1) is 22.2. The molecule has 0 spiro atoms. The fourth-order valence-corrected chi connectivity index (χ4v) is 4.55. The number of ketones is 1. The van der Waals surface area contributed by atoms with E-state index in [1.165, 1.54) is 5.56 Å². The van der Waals surface area contributed by atoms with Crippen LogP contribution in [0, 0.1) is 0 Å². The molecular weight excluding hydrogens is 428 g/mol. The second-order valence-corrected chi connectivity index (χ2v) is 8.66. The molecule has 2 aliphatic heterocycles. The second-order valence-electron chi connectivity index (χ2n) is 8.66. The molecule has 0 radical (unpaired) electrons. The molecule has 34 heavy (non-hydrogen) atoms. The molecule has 1 fully saturated rings. The monoisotopic (exact) mass is 456 g/mol. The number of hydrogen-bond donors (Lipinski definition) is 1. The Hall–Kier alpha value is -3.61. The van der Waals surface area contributed by atoms with Crippen LogP contribution in [0.2, 0.25) is 0 Å². The second kappa shape index (κ2) is 9.71. The molecule has 2 heterocycles. The first-order valence-corrected chi connectivity index (χ1v) is 11.5. The van der Waals surface area contributed by atoms with Crippen LogP contribution in [-0.4, -0.2) is 54.0 Å². The van der Waals surface area contributed by atoms with Crippen LogP contribution in [0.5, 0.6) is 17.2 Å². The number of carbonyl (C=O) groups excluding carboxylic acids is 1. The Bertz CT molecular complexity index is 1210. The van der Waals surface area contributed by atoms with E-state index < -0.39 is 0 Å². The zero-order valence-corrected chi connectivity index (χ0v) is 19.2. The van der Waals surface area contributed by atoms with Gasteiger partial charge in [0.1, 0.15) is 17.2 Å². The Morgan fingerprint density at radius 1 is 0.912 bits per heavy atom. The number of rotatable bonds is 6. The topological polar surface area (TPSA) is 62.2 Å². The number of para-hydroxylation sites is 1. The number of allylic oxidation sites excluding steroid dienone is 1. The number of carbonyl (C=O) groups is 1. The fraction of sp³-hybridized carbons (Fsp3) is 0.250. The summed E-state index contributed by atoms with van der Waals surface area (Å²) in [7, 11) is 1.60. The lowest BCUT2D eigenvalue weighted by molar-refractivity contribution is 0.101. The predicted octanol–water partition coefficient (Wildman–Crippen LogP) is 4.33. The number of fused-ring (bicyclic) bond motifs is 1. The number of nitrogens with zero attached hydrogens (tertiary/aromatic N) is 2. The van der Waals surface area contributed by atoms with E-state index in [0.29, 0.717) is 29.2 Å². The Morgan fingerprint density at radius 2 is 1.59 bits per heavy atom. The molecule has 5 rings (SSSR count). The molecular formula is C28H28N2O4. The zero-order valence-electron chi connectivity index (χ0n) is 19.2. The van der Waals surface area contributed by atoms with E-state index in [9.17, 15) is 9.90 Å². The number of benzene rings is 3. The third kappa shape index (κ3) is 4.55. The lowest BCUT2D eigenvalue weighted by atomic mass is 10.0. The Kier molecular flexibility index (Phi) is 6.34. The van der Waals surface area contributed by atoms with Gasteiger partial charge in [0.2, 0.25) is 5.78 Å². The summed E-state index contributed by atoms with van der Waals surface area (Å²) in [5.41, 5.74) is 3.22. The molecule has 174 valence electrons. The minimum Gasteiger partial charge on any atom is -0.507 e. The lowest BCUT2D eigenvalue weighted by Gasteiger charge is -2.35. The Balaban J connectivity index is 1.30. The summed E-state index contributed by atoms with van der Waals surface area (Å²) in [6.45, 7) is 5.13. The number of Topliss-reactive ketones (excluding diaryl/α,β-unsaturated/α-hetero) is 1. The summed E-state index contributed by atoms with van der Waals surface area (Å²) >= 11 is 0. The van der Waals surface area contributed by atoms with Gasteiger partial charge in [0.15, 0.2) is 5.76 Å². The highest BCUT2D eigenvalue weighted by molar-refractivity contribution is 6.15. The largest absolute Gasteiger partial charge is 0.507 e. The first-order chi connectivity index (χ1) is 16.6. The van der Waals surface area contributed by atoms with E-state index in [0.717, 1.165) is 38.3 Å². The molecule has 1 N–H and O–H groups in total. The van der Waals surface area contributed by atoms with Gasteiger partial charge < -0.3 is 14.6 Å². The van der Waals surface area contributed by atoms with Gasteiger partial charge in [0, 0.05) is 44.8 Å². The standard InChI is InChI=1S/C28H28N2O4/c1-33-25-10-6-5-9-21(25)17-26-27(32)22-11-12-24(31)23(28(22)34-26)19-30-15-13-29(14-16-30)18-20-7-3-2-4-8-20/h2-12,17,31H,13-16,18-19H2,1H3/b26-17-. The molecule has 0 aromatic heterocycles. The summed E-state index contributed by atoms with van der Waals surface area (Å²) < 4.78 is 11.4. The minimum absolute atomic E-state index is 0.150. The van der Waals surface area contributed by atoms with Crippen molar-refractivity contribution < 1.29 is 19.4 Å². The van der Waals surface area contributed by atoms with Gasteiger partial charge in [0.05, 0.1) is 18.2 Å². The number of phenols is 1. The van der Waals surface area contributed by atoms with Crippen molar-refractivity contribution in [2.24, 2.45) is 0 Å². The molecule has 2 aliphatic rings. The van der Waals surface area contributed by atoms with E-state index in [2.05, 4.69) is 34.1 Å². The number of hydrogen-bond acceptors (Lipinski definition) is 6. The predicted molar refractivity (Wildman–Crippen MR) is 131 cm³/mol. The maximum Gasteiger partial charge on any atom is 0.231 e. The smallest absolute Gasteiger partial charge is 0.231 e. The van der Waals surface area contributed by atoms with Gasteiger partial charge in [-0.05, 0) is 29.8 Å². The van der Waals surface area contributed by atoms with Gasteiger partial charge in [-0.3, -0.25) is 14.6 Å².